The number of phenols is 1. The lowest BCUT2D eigenvalue weighted by Gasteiger charge is -2.07. The standard InChI is InChI=1S/C21H23N5O3S/c1-3-26-20(16-8-6-5-7-9-16)24-25-21(26)30-14-19(28)23-22-13-15-10-11-17(27)18(12-15)29-4-2/h5-13,27H,3-4,14H2,1-2H3,(H,23,28)/b22-13+. The van der Waals surface area contributed by atoms with Crippen LogP contribution in [0.1, 0.15) is 19.4 Å². The molecule has 30 heavy (non-hydrogen) atoms. The second kappa shape index (κ2) is 10.4. The molecule has 2 aromatic carbocycles. The number of carbonyl (C=O) groups is 1. The fourth-order valence-corrected chi connectivity index (χ4v) is 3.50. The number of ether oxygens (including phenoxy) is 1. The number of aromatic hydroxyl groups is 1. The van der Waals surface area contributed by atoms with Gasteiger partial charge in [-0.1, -0.05) is 42.1 Å². The lowest BCUT2D eigenvalue weighted by molar-refractivity contribution is -0.118. The van der Waals surface area contributed by atoms with Gasteiger partial charge in [-0.15, -0.1) is 10.2 Å². The molecule has 0 unspecified atom stereocenters. The number of hydrazone groups is 1. The fourth-order valence-electron chi connectivity index (χ4n) is 2.70. The SMILES string of the molecule is CCOc1cc(/C=N/NC(=O)CSc2nnc(-c3ccccc3)n2CC)ccc1O. The molecular weight excluding hydrogens is 402 g/mol. The zero-order valence-electron chi connectivity index (χ0n) is 16.8. The third kappa shape index (κ3) is 5.38. The van der Waals surface area contributed by atoms with Crippen molar-refractivity contribution in [2.45, 2.75) is 25.5 Å². The molecule has 0 spiro atoms. The van der Waals surface area contributed by atoms with Gasteiger partial charge in [0.15, 0.2) is 22.5 Å². The minimum absolute atomic E-state index is 0.0596. The quantitative estimate of drug-likeness (QED) is 0.310. The van der Waals surface area contributed by atoms with Crippen LogP contribution >= 0.6 is 11.8 Å². The van der Waals surface area contributed by atoms with Gasteiger partial charge in [-0.2, -0.15) is 5.10 Å². The highest BCUT2D eigenvalue weighted by Crippen LogP contribution is 2.26. The lowest BCUT2D eigenvalue weighted by atomic mass is 10.2. The van der Waals surface area contributed by atoms with Crippen LogP contribution in [0.5, 0.6) is 11.5 Å². The number of nitrogens with one attached hydrogen (secondary N) is 1. The molecule has 0 aliphatic rings. The van der Waals surface area contributed by atoms with E-state index >= 15 is 0 Å². The monoisotopic (exact) mass is 425 g/mol. The van der Waals surface area contributed by atoms with E-state index in [-0.39, 0.29) is 17.4 Å². The first kappa shape index (κ1) is 21.4. The molecule has 0 atom stereocenters. The molecule has 0 radical (unpaired) electrons. The minimum atomic E-state index is -0.257. The zero-order valence-corrected chi connectivity index (χ0v) is 17.6. The van der Waals surface area contributed by atoms with Crippen molar-refractivity contribution >= 4 is 23.9 Å². The van der Waals surface area contributed by atoms with Crippen molar-refractivity contribution in [1.82, 2.24) is 20.2 Å². The number of carbonyl (C=O) groups excluding carboxylic acids is 1. The topological polar surface area (TPSA) is 102 Å². The molecule has 8 nitrogen and oxygen atoms in total. The van der Waals surface area contributed by atoms with Crippen LogP contribution in [-0.4, -0.2) is 44.4 Å². The number of hydrogen-bond donors (Lipinski definition) is 2. The summed E-state index contributed by atoms with van der Waals surface area (Å²) in [5, 5.41) is 22.8. The summed E-state index contributed by atoms with van der Waals surface area (Å²) in [7, 11) is 0. The van der Waals surface area contributed by atoms with Gasteiger partial charge in [0.1, 0.15) is 0 Å². The van der Waals surface area contributed by atoms with E-state index < -0.39 is 0 Å². The number of hydrogen-bond acceptors (Lipinski definition) is 7. The summed E-state index contributed by atoms with van der Waals surface area (Å²) < 4.78 is 7.30. The van der Waals surface area contributed by atoms with E-state index in [9.17, 15) is 9.90 Å². The van der Waals surface area contributed by atoms with Crippen molar-refractivity contribution in [3.8, 4) is 22.9 Å². The molecule has 0 saturated heterocycles. The second-order valence-corrected chi connectivity index (χ2v) is 7.10. The third-order valence-corrected chi connectivity index (χ3v) is 5.05. The van der Waals surface area contributed by atoms with Crippen LogP contribution in [0.25, 0.3) is 11.4 Å². The first-order valence-corrected chi connectivity index (χ1v) is 10.5. The number of rotatable bonds is 9. The number of phenolic OH excluding ortho intramolecular Hbond substituents is 1. The first-order valence-electron chi connectivity index (χ1n) is 9.51. The summed E-state index contributed by atoms with van der Waals surface area (Å²) in [5.74, 6) is 1.11. The largest absolute Gasteiger partial charge is 0.504 e. The first-order chi connectivity index (χ1) is 14.6. The number of amides is 1. The van der Waals surface area contributed by atoms with Gasteiger partial charge in [0, 0.05) is 12.1 Å². The molecule has 0 saturated carbocycles. The van der Waals surface area contributed by atoms with E-state index in [2.05, 4.69) is 20.7 Å². The summed E-state index contributed by atoms with van der Waals surface area (Å²) in [6.45, 7) is 4.98. The molecule has 3 aromatic rings. The van der Waals surface area contributed by atoms with E-state index in [0.29, 0.717) is 29.6 Å². The molecule has 0 aliphatic carbocycles. The highest BCUT2D eigenvalue weighted by molar-refractivity contribution is 7.99. The Morgan fingerprint density at radius 2 is 2.03 bits per heavy atom. The van der Waals surface area contributed by atoms with Crippen LogP contribution in [-0.2, 0) is 11.3 Å². The van der Waals surface area contributed by atoms with Gasteiger partial charge in [0.05, 0.1) is 18.6 Å². The number of benzene rings is 2. The van der Waals surface area contributed by atoms with E-state index in [1.54, 1.807) is 12.1 Å². The summed E-state index contributed by atoms with van der Waals surface area (Å²) in [5.41, 5.74) is 4.17. The third-order valence-electron chi connectivity index (χ3n) is 4.08. The van der Waals surface area contributed by atoms with Crippen molar-refractivity contribution in [3.05, 3.63) is 54.1 Å². The summed E-state index contributed by atoms with van der Waals surface area (Å²) in [4.78, 5) is 12.1. The Balaban J connectivity index is 1.57. The molecule has 9 heteroatoms. The van der Waals surface area contributed by atoms with Crippen molar-refractivity contribution in [1.29, 1.82) is 0 Å². The molecule has 1 heterocycles. The molecule has 0 bridgehead atoms. The molecule has 0 aliphatic heterocycles. The predicted molar refractivity (Wildman–Crippen MR) is 117 cm³/mol. The fraction of sp³-hybridized carbons (Fsp3) is 0.238. The number of thioether (sulfide) groups is 1. The number of nitrogens with zero attached hydrogens (tertiary/aromatic N) is 4. The zero-order chi connectivity index (χ0) is 21.3. The maximum Gasteiger partial charge on any atom is 0.250 e. The molecule has 2 N–H and O–H groups in total. The van der Waals surface area contributed by atoms with Crippen LogP contribution in [0.2, 0.25) is 0 Å². The van der Waals surface area contributed by atoms with Crippen molar-refractivity contribution < 1.29 is 14.6 Å². The smallest absolute Gasteiger partial charge is 0.250 e. The lowest BCUT2D eigenvalue weighted by Crippen LogP contribution is -2.20. The van der Waals surface area contributed by atoms with Crippen molar-refractivity contribution in [2.24, 2.45) is 5.10 Å². The predicted octanol–water partition coefficient (Wildman–Crippen LogP) is 3.31. The van der Waals surface area contributed by atoms with Crippen LogP contribution < -0.4 is 10.2 Å². The molecule has 156 valence electrons. The van der Waals surface area contributed by atoms with Crippen LogP contribution in [0, 0.1) is 0 Å². The van der Waals surface area contributed by atoms with Gasteiger partial charge < -0.3 is 14.4 Å². The Bertz CT molecular complexity index is 1020. The molecule has 0 fully saturated rings. The Morgan fingerprint density at radius 3 is 2.77 bits per heavy atom. The van der Waals surface area contributed by atoms with Gasteiger partial charge in [0.25, 0.3) is 5.91 Å². The van der Waals surface area contributed by atoms with E-state index in [0.717, 1.165) is 11.4 Å². The van der Waals surface area contributed by atoms with E-state index in [1.807, 2.05) is 48.7 Å². The van der Waals surface area contributed by atoms with Crippen LogP contribution in [0.3, 0.4) is 0 Å². The number of aromatic nitrogens is 3. The Hall–Kier alpha value is -3.33. The normalized spacial score (nSPS) is 11.0. The Labute approximate surface area is 179 Å². The summed E-state index contributed by atoms with van der Waals surface area (Å²) in [6.07, 6.45) is 1.49. The summed E-state index contributed by atoms with van der Waals surface area (Å²) in [6, 6.07) is 14.7. The second-order valence-electron chi connectivity index (χ2n) is 6.16. The van der Waals surface area contributed by atoms with E-state index in [1.165, 1.54) is 24.0 Å². The molecule has 1 amide bonds. The molecule has 3 rings (SSSR count). The highest BCUT2D eigenvalue weighted by Gasteiger charge is 2.14. The highest BCUT2D eigenvalue weighted by atomic mass is 32.2. The molecule has 1 aromatic heterocycles. The maximum atomic E-state index is 12.1. The van der Waals surface area contributed by atoms with Gasteiger partial charge in [0.2, 0.25) is 0 Å². The maximum absolute atomic E-state index is 12.1. The summed E-state index contributed by atoms with van der Waals surface area (Å²) >= 11 is 1.30. The average Bonchev–Trinajstić information content (AvgIpc) is 3.18. The van der Waals surface area contributed by atoms with Crippen LogP contribution in [0.15, 0.2) is 58.8 Å². The van der Waals surface area contributed by atoms with Gasteiger partial charge in [-0.3, -0.25) is 4.79 Å². The van der Waals surface area contributed by atoms with Crippen molar-refractivity contribution in [2.75, 3.05) is 12.4 Å². The Morgan fingerprint density at radius 1 is 1.23 bits per heavy atom. The Kier molecular flexibility index (Phi) is 7.45. The van der Waals surface area contributed by atoms with Gasteiger partial charge >= 0.3 is 0 Å². The average molecular weight is 426 g/mol. The van der Waals surface area contributed by atoms with E-state index in [4.69, 9.17) is 4.74 Å². The van der Waals surface area contributed by atoms with Gasteiger partial charge in [-0.25, -0.2) is 5.43 Å². The molecular formula is C21H23N5O3S. The van der Waals surface area contributed by atoms with Crippen molar-refractivity contribution in [3.63, 3.8) is 0 Å². The minimum Gasteiger partial charge on any atom is -0.504 e. The van der Waals surface area contributed by atoms with Gasteiger partial charge in [-0.05, 0) is 37.6 Å². The van der Waals surface area contributed by atoms with Crippen LogP contribution in [0.4, 0.5) is 0 Å².